The Labute approximate surface area is 123 Å². The summed E-state index contributed by atoms with van der Waals surface area (Å²) in [7, 11) is 0. The van der Waals surface area contributed by atoms with Crippen molar-refractivity contribution in [2.24, 2.45) is 0 Å². The van der Waals surface area contributed by atoms with Crippen LogP contribution in [0.1, 0.15) is 0 Å². The zero-order chi connectivity index (χ0) is 15.1. The van der Waals surface area contributed by atoms with E-state index in [0.717, 1.165) is 4.57 Å². The molecule has 2 aromatic heterocycles. The van der Waals surface area contributed by atoms with Crippen LogP contribution in [0.3, 0.4) is 0 Å². The number of benzene rings is 1. The Balaban J connectivity index is 2.18. The van der Waals surface area contributed by atoms with Crippen LogP contribution in [0.15, 0.2) is 40.8 Å². The van der Waals surface area contributed by atoms with E-state index >= 15 is 0 Å². The Kier molecular flexibility index (Phi) is 2.95. The monoisotopic (exact) mass is 307 g/mol. The minimum absolute atomic E-state index is 0.00772. The van der Waals surface area contributed by atoms with Gasteiger partial charge in [-0.15, -0.1) is 0 Å². The van der Waals surface area contributed by atoms with Gasteiger partial charge in [0, 0.05) is 22.7 Å². The van der Waals surface area contributed by atoms with Crippen molar-refractivity contribution in [3.05, 3.63) is 41.4 Å². The Morgan fingerprint density at radius 1 is 0.810 bits per heavy atom. The summed E-state index contributed by atoms with van der Waals surface area (Å²) in [5.41, 5.74) is 0.476. The number of aromatic nitrogens is 1. The second-order valence-electron chi connectivity index (χ2n) is 4.33. The SMILES string of the molecule is Oc1c(-c2ccc(Cl)cc2)oc(-n2c(O)ccc2O)c1O. The van der Waals surface area contributed by atoms with Gasteiger partial charge in [-0.05, 0) is 24.3 Å². The molecule has 0 bridgehead atoms. The lowest BCUT2D eigenvalue weighted by Crippen LogP contribution is -1.90. The molecule has 4 N–H and O–H groups in total. The Hall–Kier alpha value is -2.73. The first-order valence-corrected chi connectivity index (χ1v) is 6.27. The number of rotatable bonds is 2. The van der Waals surface area contributed by atoms with E-state index in [2.05, 4.69) is 0 Å². The fourth-order valence-electron chi connectivity index (χ4n) is 1.97. The molecule has 0 atom stereocenters. The maximum absolute atomic E-state index is 9.97. The lowest BCUT2D eigenvalue weighted by Gasteiger charge is -2.02. The van der Waals surface area contributed by atoms with Gasteiger partial charge in [-0.3, -0.25) is 0 Å². The molecule has 7 heteroatoms. The predicted molar refractivity (Wildman–Crippen MR) is 75.1 cm³/mol. The maximum Gasteiger partial charge on any atom is 0.256 e. The summed E-state index contributed by atoms with van der Waals surface area (Å²) >= 11 is 5.79. The number of halogens is 1. The van der Waals surface area contributed by atoms with Gasteiger partial charge in [-0.1, -0.05) is 11.6 Å². The zero-order valence-corrected chi connectivity index (χ0v) is 11.2. The molecule has 0 fully saturated rings. The highest BCUT2D eigenvalue weighted by Gasteiger charge is 2.24. The molecule has 3 rings (SSSR count). The van der Waals surface area contributed by atoms with Gasteiger partial charge < -0.3 is 24.8 Å². The molecule has 0 saturated carbocycles. The van der Waals surface area contributed by atoms with Crippen LogP contribution < -0.4 is 0 Å². The highest BCUT2D eigenvalue weighted by Crippen LogP contribution is 2.46. The molecule has 0 saturated heterocycles. The molecule has 0 aliphatic rings. The van der Waals surface area contributed by atoms with E-state index < -0.39 is 11.5 Å². The van der Waals surface area contributed by atoms with Crippen molar-refractivity contribution < 1.29 is 24.8 Å². The summed E-state index contributed by atoms with van der Waals surface area (Å²) < 4.78 is 6.23. The second-order valence-corrected chi connectivity index (χ2v) is 4.76. The second kappa shape index (κ2) is 4.68. The highest BCUT2D eigenvalue weighted by atomic mass is 35.5. The van der Waals surface area contributed by atoms with E-state index in [9.17, 15) is 20.4 Å². The van der Waals surface area contributed by atoms with Crippen molar-refractivity contribution in [1.82, 2.24) is 4.57 Å². The van der Waals surface area contributed by atoms with Crippen molar-refractivity contribution in [2.45, 2.75) is 0 Å². The van der Waals surface area contributed by atoms with Crippen LogP contribution >= 0.6 is 11.6 Å². The van der Waals surface area contributed by atoms with E-state index in [0.29, 0.717) is 10.6 Å². The molecular formula is C14H10ClNO5. The molecular weight excluding hydrogens is 298 g/mol. The molecule has 0 radical (unpaired) electrons. The minimum atomic E-state index is -0.596. The summed E-state index contributed by atoms with van der Waals surface area (Å²) in [6.07, 6.45) is 0. The predicted octanol–water partition coefficient (Wildman–Crippen LogP) is 3.21. The van der Waals surface area contributed by atoms with E-state index in [1.807, 2.05) is 0 Å². The molecule has 2 heterocycles. The van der Waals surface area contributed by atoms with Gasteiger partial charge in [0.15, 0.2) is 5.76 Å². The molecule has 21 heavy (non-hydrogen) atoms. The molecule has 0 aliphatic carbocycles. The van der Waals surface area contributed by atoms with E-state index in [-0.39, 0.29) is 23.4 Å². The van der Waals surface area contributed by atoms with Gasteiger partial charge in [0.05, 0.1) is 0 Å². The molecule has 0 unspecified atom stereocenters. The van der Waals surface area contributed by atoms with Crippen LogP contribution in [0, 0.1) is 0 Å². The van der Waals surface area contributed by atoms with Crippen molar-refractivity contribution >= 4 is 11.6 Å². The van der Waals surface area contributed by atoms with Gasteiger partial charge in [0.2, 0.25) is 23.3 Å². The van der Waals surface area contributed by atoms with Crippen LogP contribution in [-0.4, -0.2) is 25.0 Å². The van der Waals surface area contributed by atoms with Gasteiger partial charge in [-0.2, -0.15) is 0 Å². The largest absolute Gasteiger partial charge is 0.502 e. The number of aromatic hydroxyl groups is 4. The lowest BCUT2D eigenvalue weighted by molar-refractivity contribution is 0.371. The van der Waals surface area contributed by atoms with Gasteiger partial charge in [0.1, 0.15) is 0 Å². The number of furan rings is 1. The van der Waals surface area contributed by atoms with Crippen molar-refractivity contribution in [1.29, 1.82) is 0 Å². The van der Waals surface area contributed by atoms with Crippen molar-refractivity contribution in [2.75, 3.05) is 0 Å². The number of hydrogen-bond acceptors (Lipinski definition) is 5. The lowest BCUT2D eigenvalue weighted by atomic mass is 10.1. The Morgan fingerprint density at radius 3 is 1.95 bits per heavy atom. The smallest absolute Gasteiger partial charge is 0.256 e. The minimum Gasteiger partial charge on any atom is -0.502 e. The standard InChI is InChI=1S/C14H10ClNO5/c15-8-3-1-7(2-4-8)13-11(19)12(20)14(21-13)16-9(17)5-6-10(16)18/h1-6,17-20H. The highest BCUT2D eigenvalue weighted by molar-refractivity contribution is 6.30. The average molecular weight is 308 g/mol. The summed E-state index contributed by atoms with van der Waals surface area (Å²) in [6.45, 7) is 0. The first kappa shape index (κ1) is 13.3. The van der Waals surface area contributed by atoms with E-state index in [1.165, 1.54) is 12.1 Å². The number of nitrogens with zero attached hydrogens (tertiary/aromatic N) is 1. The molecule has 6 nitrogen and oxygen atoms in total. The van der Waals surface area contributed by atoms with Crippen LogP contribution in [0.5, 0.6) is 23.3 Å². The van der Waals surface area contributed by atoms with Crippen molar-refractivity contribution in [3.8, 4) is 40.5 Å². The quantitative estimate of drug-likeness (QED) is 0.582. The van der Waals surface area contributed by atoms with Crippen molar-refractivity contribution in [3.63, 3.8) is 0 Å². The first-order valence-electron chi connectivity index (χ1n) is 5.89. The van der Waals surface area contributed by atoms with E-state index in [4.69, 9.17) is 16.0 Å². The summed E-state index contributed by atoms with van der Waals surface area (Å²) in [6, 6.07) is 8.83. The fourth-order valence-corrected chi connectivity index (χ4v) is 2.10. The van der Waals surface area contributed by atoms with Crippen LogP contribution in [-0.2, 0) is 0 Å². The van der Waals surface area contributed by atoms with Crippen LogP contribution in [0.4, 0.5) is 0 Å². The third-order valence-corrected chi connectivity index (χ3v) is 3.24. The molecule has 0 aliphatic heterocycles. The van der Waals surface area contributed by atoms with Gasteiger partial charge >= 0.3 is 0 Å². The fraction of sp³-hybridized carbons (Fsp3) is 0. The summed E-state index contributed by atoms with van der Waals surface area (Å²) in [4.78, 5) is 0. The van der Waals surface area contributed by atoms with Crippen LogP contribution in [0.25, 0.3) is 17.2 Å². The van der Waals surface area contributed by atoms with Gasteiger partial charge in [-0.25, -0.2) is 4.57 Å². The summed E-state index contributed by atoms with van der Waals surface area (Å²) in [5.74, 6) is -2.09. The maximum atomic E-state index is 9.97. The normalized spacial score (nSPS) is 10.9. The topological polar surface area (TPSA) is 99.0 Å². The third kappa shape index (κ3) is 2.05. The first-order chi connectivity index (χ1) is 9.99. The van der Waals surface area contributed by atoms with Gasteiger partial charge in [0.25, 0.3) is 5.88 Å². The van der Waals surface area contributed by atoms with E-state index in [1.54, 1.807) is 24.3 Å². The molecule has 108 valence electrons. The molecule has 0 spiro atoms. The summed E-state index contributed by atoms with van der Waals surface area (Å²) in [5, 5.41) is 39.7. The Bertz CT molecular complexity index is 784. The molecule has 3 aromatic rings. The molecule has 0 amide bonds. The van der Waals surface area contributed by atoms with Crippen LogP contribution in [0.2, 0.25) is 5.02 Å². The average Bonchev–Trinajstić information content (AvgIpc) is 2.93. The molecule has 1 aromatic carbocycles. The Morgan fingerprint density at radius 2 is 1.38 bits per heavy atom. The number of hydrogen-bond donors (Lipinski definition) is 4. The zero-order valence-electron chi connectivity index (χ0n) is 10.5. The third-order valence-electron chi connectivity index (χ3n) is 2.99.